The highest BCUT2D eigenvalue weighted by molar-refractivity contribution is 9.09. The van der Waals surface area contributed by atoms with Crippen molar-refractivity contribution in [3.63, 3.8) is 0 Å². The van der Waals surface area contributed by atoms with E-state index in [1.807, 2.05) is 0 Å². The van der Waals surface area contributed by atoms with Crippen molar-refractivity contribution >= 4 is 15.9 Å². The Bertz CT molecular complexity index is 172. The Kier molecular flexibility index (Phi) is 10.6. The fraction of sp³-hybridized carbons (Fsp3) is 1.00. The van der Waals surface area contributed by atoms with Gasteiger partial charge in [0.15, 0.2) is 0 Å². The van der Waals surface area contributed by atoms with Crippen molar-refractivity contribution in [3.05, 3.63) is 0 Å². The standard InChI is InChI=1S/C14H30BrNO/c1-6-14(7-2)16(8-9-17-5)11-13(10-15)12(3)4/h12-14H,6-11H2,1-5H3. The lowest BCUT2D eigenvalue weighted by molar-refractivity contribution is 0.0975. The van der Waals surface area contributed by atoms with Crippen molar-refractivity contribution in [3.8, 4) is 0 Å². The number of alkyl halides is 1. The second kappa shape index (κ2) is 10.3. The van der Waals surface area contributed by atoms with Crippen LogP contribution in [-0.4, -0.2) is 43.1 Å². The molecule has 0 aliphatic rings. The first-order valence-corrected chi connectivity index (χ1v) is 8.01. The van der Waals surface area contributed by atoms with E-state index < -0.39 is 0 Å². The Morgan fingerprint density at radius 1 is 1.18 bits per heavy atom. The van der Waals surface area contributed by atoms with Crippen molar-refractivity contribution in [2.75, 3.05) is 32.1 Å². The normalized spacial score (nSPS) is 13.9. The van der Waals surface area contributed by atoms with Crippen molar-refractivity contribution in [2.45, 2.75) is 46.6 Å². The van der Waals surface area contributed by atoms with Crippen LogP contribution in [0.2, 0.25) is 0 Å². The molecule has 0 aliphatic heterocycles. The van der Waals surface area contributed by atoms with Crippen molar-refractivity contribution in [1.82, 2.24) is 4.90 Å². The van der Waals surface area contributed by atoms with Crippen LogP contribution < -0.4 is 0 Å². The summed E-state index contributed by atoms with van der Waals surface area (Å²) < 4.78 is 5.23. The average molecular weight is 308 g/mol. The molecule has 0 aromatic rings. The molecule has 0 radical (unpaired) electrons. The number of nitrogens with zero attached hydrogens (tertiary/aromatic N) is 1. The molecule has 1 unspecified atom stereocenters. The lowest BCUT2D eigenvalue weighted by Gasteiger charge is -2.34. The molecule has 3 heteroatoms. The van der Waals surface area contributed by atoms with Gasteiger partial charge in [-0.2, -0.15) is 0 Å². The summed E-state index contributed by atoms with van der Waals surface area (Å²) in [6, 6.07) is 0.699. The van der Waals surface area contributed by atoms with Gasteiger partial charge in [-0.1, -0.05) is 43.6 Å². The highest BCUT2D eigenvalue weighted by Crippen LogP contribution is 2.18. The number of rotatable bonds is 10. The van der Waals surface area contributed by atoms with Gasteiger partial charge < -0.3 is 4.74 Å². The molecule has 0 aromatic carbocycles. The zero-order valence-electron chi connectivity index (χ0n) is 12.2. The number of hydrogen-bond donors (Lipinski definition) is 0. The molecule has 0 heterocycles. The van der Waals surface area contributed by atoms with Gasteiger partial charge in [-0.25, -0.2) is 0 Å². The summed E-state index contributed by atoms with van der Waals surface area (Å²) >= 11 is 3.65. The SMILES string of the molecule is CCC(CC)N(CCOC)CC(CBr)C(C)C. The smallest absolute Gasteiger partial charge is 0.0589 e. The van der Waals surface area contributed by atoms with E-state index in [0.717, 1.165) is 30.3 Å². The second-order valence-electron chi connectivity index (χ2n) is 5.12. The molecule has 0 saturated heterocycles. The second-order valence-corrected chi connectivity index (χ2v) is 5.76. The fourth-order valence-corrected chi connectivity index (χ4v) is 3.13. The van der Waals surface area contributed by atoms with E-state index in [1.165, 1.54) is 19.4 Å². The lowest BCUT2D eigenvalue weighted by Crippen LogP contribution is -2.41. The Morgan fingerprint density at radius 3 is 2.12 bits per heavy atom. The summed E-state index contributed by atoms with van der Waals surface area (Å²) in [6.45, 7) is 12.3. The largest absolute Gasteiger partial charge is 0.383 e. The monoisotopic (exact) mass is 307 g/mol. The van der Waals surface area contributed by atoms with Crippen LogP contribution in [0.25, 0.3) is 0 Å². The molecule has 0 bridgehead atoms. The van der Waals surface area contributed by atoms with E-state index in [2.05, 4.69) is 48.5 Å². The number of ether oxygens (including phenoxy) is 1. The van der Waals surface area contributed by atoms with Crippen LogP contribution in [0.5, 0.6) is 0 Å². The van der Waals surface area contributed by atoms with Gasteiger partial charge >= 0.3 is 0 Å². The minimum Gasteiger partial charge on any atom is -0.383 e. The van der Waals surface area contributed by atoms with Crippen molar-refractivity contribution < 1.29 is 4.74 Å². The van der Waals surface area contributed by atoms with E-state index >= 15 is 0 Å². The summed E-state index contributed by atoms with van der Waals surface area (Å²) in [5, 5.41) is 1.09. The predicted molar refractivity (Wildman–Crippen MR) is 79.9 cm³/mol. The van der Waals surface area contributed by atoms with E-state index in [0.29, 0.717) is 6.04 Å². The highest BCUT2D eigenvalue weighted by atomic mass is 79.9. The molecule has 0 fully saturated rings. The summed E-state index contributed by atoms with van der Waals surface area (Å²) in [7, 11) is 1.79. The highest BCUT2D eigenvalue weighted by Gasteiger charge is 2.20. The van der Waals surface area contributed by atoms with Crippen LogP contribution in [-0.2, 0) is 4.74 Å². The molecule has 0 amide bonds. The molecule has 1 atom stereocenters. The van der Waals surface area contributed by atoms with Crippen LogP contribution in [0, 0.1) is 11.8 Å². The molecule has 0 spiro atoms. The van der Waals surface area contributed by atoms with Gasteiger partial charge in [0, 0.05) is 31.6 Å². The van der Waals surface area contributed by atoms with Gasteiger partial charge in [-0.15, -0.1) is 0 Å². The molecule has 0 aliphatic carbocycles. The van der Waals surface area contributed by atoms with E-state index in [4.69, 9.17) is 4.74 Å². The third-order valence-electron chi connectivity index (χ3n) is 3.65. The topological polar surface area (TPSA) is 12.5 Å². The Morgan fingerprint density at radius 2 is 1.76 bits per heavy atom. The van der Waals surface area contributed by atoms with E-state index in [9.17, 15) is 0 Å². The maximum absolute atomic E-state index is 5.23. The first-order valence-electron chi connectivity index (χ1n) is 6.89. The summed E-state index contributed by atoms with van der Waals surface area (Å²) in [4.78, 5) is 2.61. The zero-order valence-corrected chi connectivity index (χ0v) is 13.8. The summed E-state index contributed by atoms with van der Waals surface area (Å²) in [6.07, 6.45) is 2.46. The van der Waals surface area contributed by atoms with E-state index in [1.54, 1.807) is 7.11 Å². The van der Waals surface area contributed by atoms with Crippen LogP contribution in [0.3, 0.4) is 0 Å². The minimum absolute atomic E-state index is 0.699. The van der Waals surface area contributed by atoms with Crippen molar-refractivity contribution in [2.24, 2.45) is 11.8 Å². The predicted octanol–water partition coefficient (Wildman–Crippen LogP) is 3.79. The summed E-state index contributed by atoms with van der Waals surface area (Å²) in [5.74, 6) is 1.46. The number of halogens is 1. The molecule has 17 heavy (non-hydrogen) atoms. The van der Waals surface area contributed by atoms with Crippen LogP contribution in [0.1, 0.15) is 40.5 Å². The first-order chi connectivity index (χ1) is 8.10. The first kappa shape index (κ1) is 17.4. The summed E-state index contributed by atoms with van der Waals surface area (Å²) in [5.41, 5.74) is 0. The molecule has 0 saturated carbocycles. The van der Waals surface area contributed by atoms with Crippen LogP contribution in [0.4, 0.5) is 0 Å². The quantitative estimate of drug-likeness (QED) is 0.569. The average Bonchev–Trinajstić information content (AvgIpc) is 2.32. The maximum atomic E-state index is 5.23. The number of hydrogen-bond acceptors (Lipinski definition) is 2. The molecule has 0 N–H and O–H groups in total. The minimum atomic E-state index is 0.699. The number of methoxy groups -OCH3 is 1. The van der Waals surface area contributed by atoms with Crippen LogP contribution >= 0.6 is 15.9 Å². The van der Waals surface area contributed by atoms with Gasteiger partial charge in [-0.3, -0.25) is 4.90 Å². The third-order valence-corrected chi connectivity index (χ3v) is 4.48. The van der Waals surface area contributed by atoms with Gasteiger partial charge in [0.1, 0.15) is 0 Å². The molecule has 0 rings (SSSR count). The zero-order chi connectivity index (χ0) is 13.3. The van der Waals surface area contributed by atoms with Gasteiger partial charge in [0.25, 0.3) is 0 Å². The molecule has 2 nitrogen and oxygen atoms in total. The maximum Gasteiger partial charge on any atom is 0.0589 e. The van der Waals surface area contributed by atoms with Crippen molar-refractivity contribution in [1.29, 1.82) is 0 Å². The lowest BCUT2D eigenvalue weighted by atomic mass is 9.96. The third kappa shape index (κ3) is 6.78. The Balaban J connectivity index is 4.43. The van der Waals surface area contributed by atoms with Gasteiger partial charge in [0.2, 0.25) is 0 Å². The fourth-order valence-electron chi connectivity index (χ4n) is 2.18. The van der Waals surface area contributed by atoms with E-state index in [-0.39, 0.29) is 0 Å². The van der Waals surface area contributed by atoms with Gasteiger partial charge in [0.05, 0.1) is 6.61 Å². The Hall–Kier alpha value is 0.400. The molecular formula is C14H30BrNO. The van der Waals surface area contributed by atoms with Gasteiger partial charge in [-0.05, 0) is 24.7 Å². The Labute approximate surface area is 116 Å². The van der Waals surface area contributed by atoms with Crippen LogP contribution in [0.15, 0.2) is 0 Å². The molecule has 104 valence electrons. The molecular weight excluding hydrogens is 278 g/mol. The molecule has 0 aromatic heterocycles.